The van der Waals surface area contributed by atoms with Gasteiger partial charge in [0.1, 0.15) is 0 Å². The van der Waals surface area contributed by atoms with Crippen LogP contribution in [0.5, 0.6) is 0 Å². The van der Waals surface area contributed by atoms with Crippen molar-refractivity contribution in [3.8, 4) is 11.1 Å². The van der Waals surface area contributed by atoms with E-state index < -0.39 is 43.1 Å². The van der Waals surface area contributed by atoms with Crippen molar-refractivity contribution in [2.75, 3.05) is 18.4 Å². The molecule has 0 saturated carbocycles. The van der Waals surface area contributed by atoms with E-state index in [1.54, 1.807) is 12.1 Å². The van der Waals surface area contributed by atoms with Crippen molar-refractivity contribution in [1.29, 1.82) is 0 Å². The van der Waals surface area contributed by atoms with Gasteiger partial charge in [-0.25, -0.2) is 4.79 Å². The number of benzene rings is 2. The third-order valence-corrected chi connectivity index (χ3v) is 4.91. The fourth-order valence-electron chi connectivity index (χ4n) is 3.44. The van der Waals surface area contributed by atoms with E-state index in [0.29, 0.717) is 5.69 Å². The molecule has 2 N–H and O–H groups in total. The Hall–Kier alpha value is -3.03. The van der Waals surface area contributed by atoms with E-state index in [1.165, 1.54) is 0 Å². The average molecular weight is 392 g/mol. The molecule has 28 heavy (non-hydrogen) atoms. The number of carboxylic acid groups (broad SMARTS) is 1. The fraction of sp³-hybridized carbons (Fsp3) is 0.300. The number of nitrogens with one attached hydrogen (secondary N) is 1. The summed E-state index contributed by atoms with van der Waals surface area (Å²) in [5, 5.41) is 11.6. The molecule has 0 spiro atoms. The number of carboxylic acids is 1. The Morgan fingerprint density at radius 1 is 1.11 bits per heavy atom. The standard InChI is InChI=1S/C20H19F3N2O3/c1-12-9-14(7-8-15(12)13-5-3-2-4-6-13)24-19(28)25-10-16(18(26)27)17(11-25)20(21,22)23/h2-9,16-17H,10-11H2,1H3,(H,24,28)(H,26,27)/t16-,17-/m1/s1. The lowest BCUT2D eigenvalue weighted by Gasteiger charge is -2.19. The molecule has 1 heterocycles. The van der Waals surface area contributed by atoms with Gasteiger partial charge in [-0.2, -0.15) is 13.2 Å². The molecule has 2 aromatic rings. The van der Waals surface area contributed by atoms with Gasteiger partial charge in [0, 0.05) is 18.8 Å². The molecule has 3 rings (SSSR count). The monoisotopic (exact) mass is 392 g/mol. The molecule has 0 aliphatic carbocycles. The number of carbonyl (C=O) groups excluding carboxylic acids is 1. The van der Waals surface area contributed by atoms with Crippen LogP contribution in [0.25, 0.3) is 11.1 Å². The highest BCUT2D eigenvalue weighted by Crippen LogP contribution is 2.38. The summed E-state index contributed by atoms with van der Waals surface area (Å²) in [5.41, 5.74) is 3.31. The molecule has 0 bridgehead atoms. The molecule has 1 aliphatic heterocycles. The van der Waals surface area contributed by atoms with E-state index in [-0.39, 0.29) is 0 Å². The van der Waals surface area contributed by atoms with Crippen LogP contribution in [-0.2, 0) is 4.79 Å². The van der Waals surface area contributed by atoms with E-state index in [0.717, 1.165) is 21.6 Å². The van der Waals surface area contributed by atoms with Gasteiger partial charge >= 0.3 is 18.2 Å². The lowest BCUT2D eigenvalue weighted by Crippen LogP contribution is -2.35. The number of aryl methyl sites for hydroxylation is 1. The lowest BCUT2D eigenvalue weighted by molar-refractivity contribution is -0.187. The minimum absolute atomic E-state index is 0.435. The number of hydrogen-bond donors (Lipinski definition) is 2. The Kier molecular flexibility index (Phi) is 5.31. The highest BCUT2D eigenvalue weighted by atomic mass is 19.4. The minimum Gasteiger partial charge on any atom is -0.481 e. The topological polar surface area (TPSA) is 69.6 Å². The van der Waals surface area contributed by atoms with E-state index in [2.05, 4.69) is 5.32 Å². The Balaban J connectivity index is 1.73. The quantitative estimate of drug-likeness (QED) is 0.814. The van der Waals surface area contributed by atoms with E-state index >= 15 is 0 Å². The summed E-state index contributed by atoms with van der Waals surface area (Å²) in [5.74, 6) is -5.29. The van der Waals surface area contributed by atoms with Gasteiger partial charge < -0.3 is 15.3 Å². The number of aliphatic carboxylic acids is 1. The molecule has 5 nitrogen and oxygen atoms in total. The number of carbonyl (C=O) groups is 2. The number of anilines is 1. The zero-order valence-electron chi connectivity index (χ0n) is 15.0. The molecule has 0 aromatic heterocycles. The van der Waals surface area contributed by atoms with Crippen LogP contribution in [0.4, 0.5) is 23.7 Å². The molecule has 2 amide bonds. The van der Waals surface area contributed by atoms with Crippen LogP contribution in [0.2, 0.25) is 0 Å². The van der Waals surface area contributed by atoms with Crippen molar-refractivity contribution in [2.45, 2.75) is 13.1 Å². The molecule has 8 heteroatoms. The Morgan fingerprint density at radius 3 is 2.32 bits per heavy atom. The Bertz CT molecular complexity index is 884. The van der Waals surface area contributed by atoms with Crippen LogP contribution in [0.1, 0.15) is 5.56 Å². The van der Waals surface area contributed by atoms with Gasteiger partial charge in [0.05, 0.1) is 11.8 Å². The molecule has 0 radical (unpaired) electrons. The van der Waals surface area contributed by atoms with Crippen LogP contribution in [-0.4, -0.2) is 41.3 Å². The number of amides is 2. The van der Waals surface area contributed by atoms with Crippen molar-refractivity contribution in [2.24, 2.45) is 11.8 Å². The number of rotatable bonds is 3. The smallest absolute Gasteiger partial charge is 0.394 e. The van der Waals surface area contributed by atoms with Crippen molar-refractivity contribution < 1.29 is 27.9 Å². The maximum atomic E-state index is 13.1. The van der Waals surface area contributed by atoms with E-state index in [4.69, 9.17) is 5.11 Å². The number of alkyl halides is 3. The number of likely N-dealkylation sites (tertiary alicyclic amines) is 1. The first-order chi connectivity index (χ1) is 13.2. The van der Waals surface area contributed by atoms with Gasteiger partial charge in [-0.05, 0) is 35.7 Å². The molecule has 1 fully saturated rings. The van der Waals surface area contributed by atoms with Crippen LogP contribution in [0, 0.1) is 18.8 Å². The summed E-state index contributed by atoms with van der Waals surface area (Å²) >= 11 is 0. The third kappa shape index (κ3) is 4.11. The second-order valence-electron chi connectivity index (χ2n) is 6.82. The Morgan fingerprint density at radius 2 is 1.79 bits per heavy atom. The van der Waals surface area contributed by atoms with Crippen LogP contribution < -0.4 is 5.32 Å². The minimum atomic E-state index is -4.67. The maximum absolute atomic E-state index is 13.1. The second-order valence-corrected chi connectivity index (χ2v) is 6.82. The molecule has 2 atom stereocenters. The summed E-state index contributed by atoms with van der Waals surface area (Å²) in [6, 6.07) is 14.1. The maximum Gasteiger partial charge on any atom is 0.394 e. The van der Waals surface area contributed by atoms with E-state index in [9.17, 15) is 22.8 Å². The molecule has 1 aliphatic rings. The van der Waals surface area contributed by atoms with Crippen LogP contribution >= 0.6 is 0 Å². The number of nitrogens with zero attached hydrogens (tertiary/aromatic N) is 1. The third-order valence-electron chi connectivity index (χ3n) is 4.91. The van der Waals surface area contributed by atoms with Crippen LogP contribution in [0.3, 0.4) is 0 Å². The van der Waals surface area contributed by atoms with Gasteiger partial charge in [-0.3, -0.25) is 4.79 Å². The van der Waals surface area contributed by atoms with Gasteiger partial charge in [-0.15, -0.1) is 0 Å². The summed E-state index contributed by atoms with van der Waals surface area (Å²) in [7, 11) is 0. The number of urea groups is 1. The summed E-state index contributed by atoms with van der Waals surface area (Å²) in [6.45, 7) is 0.716. The van der Waals surface area contributed by atoms with Crippen molar-refractivity contribution >= 4 is 17.7 Å². The molecule has 2 aromatic carbocycles. The predicted molar refractivity (Wildman–Crippen MR) is 97.9 cm³/mol. The first-order valence-corrected chi connectivity index (χ1v) is 8.68. The largest absolute Gasteiger partial charge is 0.481 e. The zero-order valence-corrected chi connectivity index (χ0v) is 15.0. The average Bonchev–Trinajstić information content (AvgIpc) is 3.09. The summed E-state index contributed by atoms with van der Waals surface area (Å²) in [4.78, 5) is 24.4. The highest BCUT2D eigenvalue weighted by molar-refractivity contribution is 5.90. The van der Waals surface area contributed by atoms with Crippen molar-refractivity contribution in [3.05, 3.63) is 54.1 Å². The van der Waals surface area contributed by atoms with Gasteiger partial charge in [0.25, 0.3) is 0 Å². The van der Waals surface area contributed by atoms with Gasteiger partial charge in [0.2, 0.25) is 0 Å². The molecule has 1 saturated heterocycles. The van der Waals surface area contributed by atoms with Gasteiger partial charge in [-0.1, -0.05) is 36.4 Å². The molecule has 148 valence electrons. The number of halogens is 3. The fourth-order valence-corrected chi connectivity index (χ4v) is 3.44. The highest BCUT2D eigenvalue weighted by Gasteiger charge is 2.53. The normalized spacial score (nSPS) is 19.5. The first-order valence-electron chi connectivity index (χ1n) is 8.68. The first kappa shape index (κ1) is 19.7. The summed E-state index contributed by atoms with van der Waals surface area (Å²) < 4.78 is 39.2. The summed E-state index contributed by atoms with van der Waals surface area (Å²) in [6.07, 6.45) is -4.67. The van der Waals surface area contributed by atoms with E-state index in [1.807, 2.05) is 43.3 Å². The zero-order chi connectivity index (χ0) is 20.5. The molecule has 0 unspecified atom stereocenters. The molecular formula is C20H19F3N2O3. The van der Waals surface area contributed by atoms with Crippen LogP contribution in [0.15, 0.2) is 48.5 Å². The van der Waals surface area contributed by atoms with Gasteiger partial charge in [0.15, 0.2) is 0 Å². The van der Waals surface area contributed by atoms with Crippen molar-refractivity contribution in [3.63, 3.8) is 0 Å². The Labute approximate surface area is 159 Å². The lowest BCUT2D eigenvalue weighted by atomic mass is 9.96. The SMILES string of the molecule is Cc1cc(NC(=O)N2C[C@@H](C(F)(F)F)[C@H](C(=O)O)C2)ccc1-c1ccccc1. The molecular weight excluding hydrogens is 373 g/mol. The predicted octanol–water partition coefficient (Wildman–Crippen LogP) is 4.39. The van der Waals surface area contributed by atoms with Crippen molar-refractivity contribution in [1.82, 2.24) is 4.90 Å². The second kappa shape index (κ2) is 7.53. The number of hydrogen-bond acceptors (Lipinski definition) is 2.